The first kappa shape index (κ1) is 12.9. The van der Waals surface area contributed by atoms with Crippen molar-refractivity contribution in [1.29, 1.82) is 0 Å². The number of ether oxygens (including phenoxy) is 1. The van der Waals surface area contributed by atoms with Gasteiger partial charge in [0.2, 0.25) is 0 Å². The van der Waals surface area contributed by atoms with Gasteiger partial charge in [0.25, 0.3) is 0 Å². The summed E-state index contributed by atoms with van der Waals surface area (Å²) in [5, 5.41) is 5.25. The first-order chi connectivity index (χ1) is 9.78. The van der Waals surface area contributed by atoms with Crippen LogP contribution in [0, 0.1) is 0 Å². The van der Waals surface area contributed by atoms with Gasteiger partial charge in [0, 0.05) is 18.8 Å². The van der Waals surface area contributed by atoms with Gasteiger partial charge in [-0.05, 0) is 29.1 Å². The summed E-state index contributed by atoms with van der Waals surface area (Å²) >= 11 is 6.19. The van der Waals surface area contributed by atoms with Crippen molar-refractivity contribution in [2.75, 3.05) is 12.4 Å². The molecule has 0 atom stereocenters. The molecule has 3 rings (SSSR count). The van der Waals surface area contributed by atoms with Gasteiger partial charge in [-0.1, -0.05) is 29.8 Å². The monoisotopic (exact) mass is 286 g/mol. The molecule has 0 radical (unpaired) electrons. The molecule has 2 aromatic carbocycles. The molecule has 0 aliphatic carbocycles. The molecule has 3 aromatic rings. The van der Waals surface area contributed by atoms with Crippen LogP contribution in [0.4, 0.5) is 5.69 Å². The number of anilines is 1. The zero-order valence-electron chi connectivity index (χ0n) is 11.1. The molecule has 2 N–H and O–H groups in total. The molecular weight excluding hydrogens is 272 g/mol. The van der Waals surface area contributed by atoms with Gasteiger partial charge in [0.05, 0.1) is 23.3 Å². The van der Waals surface area contributed by atoms with Gasteiger partial charge >= 0.3 is 0 Å². The summed E-state index contributed by atoms with van der Waals surface area (Å²) in [6, 6.07) is 13.9. The number of benzene rings is 2. The standard InChI is InChI=1S/C16H15ClN2O/c1-20-13-5-6-14(17)15(9-13)19-10-12-4-2-3-11-7-8-18-16(11)12/h2-9,18-19H,10H2,1H3. The van der Waals surface area contributed by atoms with Crippen molar-refractivity contribution in [3.8, 4) is 5.75 Å². The summed E-state index contributed by atoms with van der Waals surface area (Å²) in [6.45, 7) is 0.699. The Morgan fingerprint density at radius 2 is 2.10 bits per heavy atom. The molecule has 1 heterocycles. The van der Waals surface area contributed by atoms with Gasteiger partial charge in [0.15, 0.2) is 0 Å². The second kappa shape index (κ2) is 5.47. The highest BCUT2D eigenvalue weighted by Crippen LogP contribution is 2.27. The van der Waals surface area contributed by atoms with Crippen molar-refractivity contribution in [2.45, 2.75) is 6.54 Å². The van der Waals surface area contributed by atoms with Crippen molar-refractivity contribution in [2.24, 2.45) is 0 Å². The number of methoxy groups -OCH3 is 1. The van der Waals surface area contributed by atoms with E-state index in [4.69, 9.17) is 16.3 Å². The summed E-state index contributed by atoms with van der Waals surface area (Å²) in [7, 11) is 1.65. The average molecular weight is 287 g/mol. The van der Waals surface area contributed by atoms with E-state index in [0.717, 1.165) is 17.0 Å². The number of hydrogen-bond acceptors (Lipinski definition) is 2. The summed E-state index contributed by atoms with van der Waals surface area (Å²) in [5.41, 5.74) is 3.22. The molecule has 0 fully saturated rings. The molecule has 3 nitrogen and oxygen atoms in total. The number of fused-ring (bicyclic) bond motifs is 1. The molecule has 0 amide bonds. The minimum absolute atomic E-state index is 0.685. The lowest BCUT2D eigenvalue weighted by Gasteiger charge is -2.11. The van der Waals surface area contributed by atoms with Crippen molar-refractivity contribution >= 4 is 28.2 Å². The number of aromatic amines is 1. The molecule has 0 aliphatic heterocycles. The molecule has 0 saturated carbocycles. The molecule has 0 unspecified atom stereocenters. The summed E-state index contributed by atoms with van der Waals surface area (Å²) < 4.78 is 5.21. The second-order valence-corrected chi connectivity index (χ2v) is 4.97. The SMILES string of the molecule is COc1ccc(Cl)c(NCc2cccc3cc[nH]c23)c1. The third-order valence-electron chi connectivity index (χ3n) is 3.32. The maximum absolute atomic E-state index is 6.19. The number of rotatable bonds is 4. The Hall–Kier alpha value is -2.13. The first-order valence-electron chi connectivity index (χ1n) is 6.40. The maximum Gasteiger partial charge on any atom is 0.121 e. The second-order valence-electron chi connectivity index (χ2n) is 4.56. The van der Waals surface area contributed by atoms with Crippen molar-refractivity contribution in [3.05, 3.63) is 59.2 Å². The van der Waals surface area contributed by atoms with E-state index < -0.39 is 0 Å². The van der Waals surface area contributed by atoms with E-state index in [9.17, 15) is 0 Å². The van der Waals surface area contributed by atoms with Gasteiger partial charge in [-0.2, -0.15) is 0 Å². The Bertz CT molecular complexity index is 736. The van der Waals surface area contributed by atoms with Crippen LogP contribution in [0.3, 0.4) is 0 Å². The molecule has 0 bridgehead atoms. The Balaban J connectivity index is 1.84. The van der Waals surface area contributed by atoms with Crippen LogP contribution in [0.5, 0.6) is 5.75 Å². The zero-order chi connectivity index (χ0) is 13.9. The smallest absolute Gasteiger partial charge is 0.121 e. The third kappa shape index (κ3) is 2.45. The molecule has 0 aliphatic rings. The topological polar surface area (TPSA) is 37.0 Å². The van der Waals surface area contributed by atoms with Gasteiger partial charge in [-0.15, -0.1) is 0 Å². The van der Waals surface area contributed by atoms with Gasteiger partial charge in [-0.25, -0.2) is 0 Å². The lowest BCUT2D eigenvalue weighted by atomic mass is 10.1. The van der Waals surface area contributed by atoms with E-state index >= 15 is 0 Å². The van der Waals surface area contributed by atoms with Crippen LogP contribution in [-0.4, -0.2) is 12.1 Å². The molecule has 4 heteroatoms. The Labute approximate surface area is 122 Å². The van der Waals surface area contributed by atoms with Crippen LogP contribution < -0.4 is 10.1 Å². The quantitative estimate of drug-likeness (QED) is 0.744. The molecule has 1 aromatic heterocycles. The summed E-state index contributed by atoms with van der Waals surface area (Å²) in [5.74, 6) is 0.787. The van der Waals surface area contributed by atoms with Crippen LogP contribution in [0.1, 0.15) is 5.56 Å². The Morgan fingerprint density at radius 3 is 2.95 bits per heavy atom. The fourth-order valence-corrected chi connectivity index (χ4v) is 2.44. The minimum atomic E-state index is 0.685. The van der Waals surface area contributed by atoms with Crippen LogP contribution in [0.2, 0.25) is 5.02 Å². The van der Waals surface area contributed by atoms with Crippen molar-refractivity contribution in [3.63, 3.8) is 0 Å². The summed E-state index contributed by atoms with van der Waals surface area (Å²) in [4.78, 5) is 3.26. The fourth-order valence-electron chi connectivity index (χ4n) is 2.25. The number of para-hydroxylation sites is 1. The van der Waals surface area contributed by atoms with Crippen molar-refractivity contribution < 1.29 is 4.74 Å². The molecule has 0 saturated heterocycles. The van der Waals surface area contributed by atoms with Gasteiger partial charge < -0.3 is 15.0 Å². The van der Waals surface area contributed by atoms with Crippen LogP contribution >= 0.6 is 11.6 Å². The largest absolute Gasteiger partial charge is 0.497 e. The van der Waals surface area contributed by atoms with E-state index in [-0.39, 0.29) is 0 Å². The highest BCUT2D eigenvalue weighted by atomic mass is 35.5. The fraction of sp³-hybridized carbons (Fsp3) is 0.125. The van der Waals surface area contributed by atoms with Crippen LogP contribution in [-0.2, 0) is 6.54 Å². The number of hydrogen-bond donors (Lipinski definition) is 2. The Kier molecular flexibility index (Phi) is 3.52. The lowest BCUT2D eigenvalue weighted by Crippen LogP contribution is -2.01. The highest BCUT2D eigenvalue weighted by Gasteiger charge is 2.05. The number of aromatic nitrogens is 1. The third-order valence-corrected chi connectivity index (χ3v) is 3.65. The number of nitrogens with one attached hydrogen (secondary N) is 2. The lowest BCUT2D eigenvalue weighted by molar-refractivity contribution is 0.415. The maximum atomic E-state index is 6.19. The summed E-state index contributed by atoms with van der Waals surface area (Å²) in [6.07, 6.45) is 1.95. The van der Waals surface area contributed by atoms with E-state index in [1.807, 2.05) is 24.4 Å². The number of H-pyrrole nitrogens is 1. The zero-order valence-corrected chi connectivity index (χ0v) is 11.9. The highest BCUT2D eigenvalue weighted by molar-refractivity contribution is 6.33. The van der Waals surface area contributed by atoms with Crippen LogP contribution in [0.25, 0.3) is 10.9 Å². The molecule has 20 heavy (non-hydrogen) atoms. The molecule has 0 spiro atoms. The Morgan fingerprint density at radius 1 is 1.20 bits per heavy atom. The number of halogens is 1. The van der Waals surface area contributed by atoms with Gasteiger partial charge in [-0.3, -0.25) is 0 Å². The van der Waals surface area contributed by atoms with Crippen LogP contribution in [0.15, 0.2) is 48.7 Å². The predicted octanol–water partition coefficient (Wildman–Crippen LogP) is 4.44. The average Bonchev–Trinajstić information content (AvgIpc) is 2.95. The normalized spacial score (nSPS) is 10.7. The van der Waals surface area contributed by atoms with E-state index in [1.54, 1.807) is 7.11 Å². The van der Waals surface area contributed by atoms with Crippen molar-refractivity contribution in [1.82, 2.24) is 4.98 Å². The van der Waals surface area contributed by atoms with E-state index in [1.165, 1.54) is 10.9 Å². The minimum Gasteiger partial charge on any atom is -0.497 e. The molecule has 102 valence electrons. The first-order valence-corrected chi connectivity index (χ1v) is 6.78. The molecular formula is C16H15ClN2O. The van der Waals surface area contributed by atoms with E-state index in [2.05, 4.69) is 34.6 Å². The van der Waals surface area contributed by atoms with E-state index in [0.29, 0.717) is 11.6 Å². The van der Waals surface area contributed by atoms with Gasteiger partial charge in [0.1, 0.15) is 5.75 Å². The predicted molar refractivity (Wildman–Crippen MR) is 83.6 cm³/mol.